The summed E-state index contributed by atoms with van der Waals surface area (Å²) >= 11 is 3.50. The van der Waals surface area contributed by atoms with Crippen LogP contribution in [0.4, 0.5) is 5.13 Å². The van der Waals surface area contributed by atoms with E-state index in [0.717, 1.165) is 37.7 Å². The SMILES string of the molecule is CCOC(Cn1nc(SC=CC2=C(C(=O)OC(c3ccccc3)c3ccccc3)N3C(=O)C(NC(=O)C(=NOCC(=O)OC(C)(C)C)c4csc(NC(c5ccccc5)(c5ccccc5)c5ccccc5)n4)C3SC2)n(C)c(=O)c1=O)OCC. The molecule has 1 saturated heterocycles. The Morgan fingerprint density at radius 1 is 0.786 bits per heavy atom. The second kappa shape index (κ2) is 27.3. The van der Waals surface area contributed by atoms with E-state index in [1.165, 1.54) is 35.0 Å². The van der Waals surface area contributed by atoms with Crippen molar-refractivity contribution in [3.63, 3.8) is 0 Å². The number of hydrogen-bond donors (Lipinski definition) is 2. The molecular weight excluding hydrogens is 1130 g/mol. The molecule has 2 aliphatic heterocycles. The van der Waals surface area contributed by atoms with Crippen LogP contribution in [0.2, 0.25) is 0 Å². The van der Waals surface area contributed by atoms with Gasteiger partial charge >= 0.3 is 23.1 Å². The van der Waals surface area contributed by atoms with Gasteiger partial charge in [-0.15, -0.1) is 28.2 Å². The van der Waals surface area contributed by atoms with E-state index in [4.69, 9.17) is 28.8 Å². The van der Waals surface area contributed by atoms with Gasteiger partial charge in [-0.3, -0.25) is 28.6 Å². The number of thiazole rings is 1. The number of rotatable bonds is 24. The van der Waals surface area contributed by atoms with Crippen molar-refractivity contribution in [2.24, 2.45) is 12.2 Å². The van der Waals surface area contributed by atoms with E-state index >= 15 is 0 Å². The Bertz CT molecular complexity index is 3530. The molecule has 2 aromatic heterocycles. The third-order valence-corrected chi connectivity index (χ3v) is 16.1. The Labute approximate surface area is 497 Å². The lowest BCUT2D eigenvalue weighted by Gasteiger charge is -2.49. The Balaban J connectivity index is 1.04. The molecule has 434 valence electrons. The summed E-state index contributed by atoms with van der Waals surface area (Å²) in [6.07, 6.45) is -0.101. The number of benzene rings is 5. The predicted octanol–water partition coefficient (Wildman–Crippen LogP) is 8.56. The molecule has 2 amide bonds. The van der Waals surface area contributed by atoms with Gasteiger partial charge in [0.15, 0.2) is 28.4 Å². The molecule has 84 heavy (non-hydrogen) atoms. The van der Waals surface area contributed by atoms with Gasteiger partial charge < -0.3 is 34.4 Å². The smallest absolute Gasteiger partial charge is 0.356 e. The molecule has 0 radical (unpaired) electrons. The molecule has 2 unspecified atom stereocenters. The minimum Gasteiger partial charge on any atom is -0.457 e. The Hall–Kier alpha value is -8.41. The van der Waals surface area contributed by atoms with Crippen LogP contribution in [0.15, 0.2) is 200 Å². The fourth-order valence-corrected chi connectivity index (χ4v) is 12.3. The summed E-state index contributed by atoms with van der Waals surface area (Å²) in [6.45, 7) is 8.49. The van der Waals surface area contributed by atoms with Gasteiger partial charge in [0, 0.05) is 31.4 Å². The van der Waals surface area contributed by atoms with Crippen LogP contribution in [0, 0.1) is 0 Å². The number of carbonyl (C=O) groups is 4. The van der Waals surface area contributed by atoms with E-state index in [9.17, 15) is 28.8 Å². The van der Waals surface area contributed by atoms with Crippen LogP contribution in [0.1, 0.15) is 74.2 Å². The van der Waals surface area contributed by atoms with Crippen molar-refractivity contribution in [3.8, 4) is 0 Å². The number of oxime groups is 1. The summed E-state index contributed by atoms with van der Waals surface area (Å²) in [5.41, 5.74) is 0.610. The zero-order valence-corrected chi connectivity index (χ0v) is 49.4. The maximum absolute atomic E-state index is 15.0. The molecule has 22 heteroatoms. The number of amides is 2. The van der Waals surface area contributed by atoms with E-state index in [1.807, 2.05) is 152 Å². The van der Waals surface area contributed by atoms with Crippen LogP contribution in [0.5, 0.6) is 0 Å². The zero-order chi connectivity index (χ0) is 59.4. The van der Waals surface area contributed by atoms with E-state index in [1.54, 1.807) is 51.5 Å². The molecule has 0 saturated carbocycles. The Morgan fingerprint density at radius 2 is 1.33 bits per heavy atom. The van der Waals surface area contributed by atoms with Crippen LogP contribution in [0.3, 0.4) is 0 Å². The van der Waals surface area contributed by atoms with Crippen LogP contribution < -0.4 is 21.8 Å². The summed E-state index contributed by atoms with van der Waals surface area (Å²) in [4.78, 5) is 95.5. The van der Waals surface area contributed by atoms with Crippen LogP contribution >= 0.6 is 34.9 Å². The first kappa shape index (κ1) is 60.2. The number of aromatic nitrogens is 4. The predicted molar refractivity (Wildman–Crippen MR) is 322 cm³/mol. The number of anilines is 1. The van der Waals surface area contributed by atoms with Gasteiger partial charge in [-0.2, -0.15) is 0 Å². The molecule has 0 spiro atoms. The minimum atomic E-state index is -1.20. The Kier molecular flexibility index (Phi) is 19.6. The van der Waals surface area contributed by atoms with Crippen LogP contribution in [-0.4, -0.2) is 103 Å². The number of carbonyl (C=O) groups excluding carboxylic acids is 4. The summed E-state index contributed by atoms with van der Waals surface area (Å²) in [5.74, 6) is -2.90. The number of β-lactam (4-membered cyclic amide) rings is 1. The monoisotopic (exact) mass is 1190 g/mol. The first-order valence-corrected chi connectivity index (χ1v) is 29.8. The quantitative estimate of drug-likeness (QED) is 0.00845. The first-order chi connectivity index (χ1) is 40.6. The molecule has 2 N–H and O–H groups in total. The summed E-state index contributed by atoms with van der Waals surface area (Å²) in [6, 6.07) is 46.9. The first-order valence-electron chi connectivity index (χ1n) is 27.0. The molecular formula is C62H62N8O11S3. The highest BCUT2D eigenvalue weighted by Gasteiger charge is 2.55. The lowest BCUT2D eigenvalue weighted by atomic mass is 9.77. The van der Waals surface area contributed by atoms with Gasteiger partial charge in [0.05, 0.1) is 6.54 Å². The third-order valence-electron chi connectivity index (χ3n) is 13.2. The molecule has 1 fully saturated rings. The van der Waals surface area contributed by atoms with Crippen molar-refractivity contribution in [1.82, 2.24) is 29.5 Å². The zero-order valence-electron chi connectivity index (χ0n) is 46.9. The number of allylic oxidation sites excluding steroid dienone is 1. The molecule has 2 atom stereocenters. The molecule has 5 aromatic carbocycles. The second-order valence-corrected chi connectivity index (χ2v) is 22.9. The van der Waals surface area contributed by atoms with E-state index < -0.39 is 76.4 Å². The number of nitrogens with one attached hydrogen (secondary N) is 2. The van der Waals surface area contributed by atoms with Gasteiger partial charge in [-0.25, -0.2) is 19.3 Å². The fraction of sp³-hybridized carbons (Fsp3) is 0.274. The van der Waals surface area contributed by atoms with Gasteiger partial charge in [-0.05, 0) is 79.5 Å². The average molecular weight is 1190 g/mol. The van der Waals surface area contributed by atoms with Crippen LogP contribution in [-0.2, 0) is 62.1 Å². The second-order valence-electron chi connectivity index (χ2n) is 20.0. The molecule has 4 heterocycles. The van der Waals surface area contributed by atoms with Crippen molar-refractivity contribution in [2.75, 3.05) is 30.9 Å². The molecule has 7 aromatic rings. The number of fused-ring (bicyclic) bond motifs is 1. The Morgan fingerprint density at radius 3 is 1.87 bits per heavy atom. The largest absolute Gasteiger partial charge is 0.457 e. The number of hydrogen-bond acceptors (Lipinski definition) is 18. The molecule has 19 nitrogen and oxygen atoms in total. The average Bonchev–Trinajstić information content (AvgIpc) is 1.51. The van der Waals surface area contributed by atoms with Gasteiger partial charge in [0.25, 0.3) is 11.8 Å². The lowest BCUT2D eigenvalue weighted by Crippen LogP contribution is -2.71. The highest BCUT2D eigenvalue weighted by Crippen LogP contribution is 2.43. The van der Waals surface area contributed by atoms with E-state index in [-0.39, 0.29) is 34.6 Å². The van der Waals surface area contributed by atoms with Crippen molar-refractivity contribution in [1.29, 1.82) is 0 Å². The summed E-state index contributed by atoms with van der Waals surface area (Å²) in [7, 11) is 1.42. The van der Waals surface area contributed by atoms with Crippen LogP contribution in [0.25, 0.3) is 0 Å². The fourth-order valence-electron chi connectivity index (χ4n) is 9.45. The highest BCUT2D eigenvalue weighted by molar-refractivity contribution is 8.02. The van der Waals surface area contributed by atoms with E-state index in [0.29, 0.717) is 35.0 Å². The van der Waals surface area contributed by atoms with Crippen molar-refractivity contribution in [3.05, 3.63) is 234 Å². The van der Waals surface area contributed by atoms with E-state index in [2.05, 4.69) is 20.9 Å². The molecule has 0 aliphatic carbocycles. The number of nitrogens with zero attached hydrogens (tertiary/aromatic N) is 6. The highest BCUT2D eigenvalue weighted by atomic mass is 32.2. The maximum Gasteiger partial charge on any atom is 0.356 e. The van der Waals surface area contributed by atoms with Crippen molar-refractivity contribution >= 4 is 69.5 Å². The summed E-state index contributed by atoms with van der Waals surface area (Å²) < 4.78 is 25.2. The maximum atomic E-state index is 15.0. The number of ether oxygens (including phenoxy) is 4. The lowest BCUT2D eigenvalue weighted by molar-refractivity contribution is -0.160. The molecule has 2 aliphatic rings. The number of thioether (sulfide) groups is 2. The number of esters is 2. The molecule has 0 bridgehead atoms. The van der Waals surface area contributed by atoms with Crippen molar-refractivity contribution < 1.29 is 43.0 Å². The molecule has 9 rings (SSSR count). The normalized spacial score (nSPS) is 15.5. The van der Waals surface area contributed by atoms with Gasteiger partial charge in [0.2, 0.25) is 6.61 Å². The topological polar surface area (TPSA) is 224 Å². The summed E-state index contributed by atoms with van der Waals surface area (Å²) in [5, 5.41) is 18.1. The van der Waals surface area contributed by atoms with Crippen molar-refractivity contribution in [2.45, 2.75) is 81.3 Å². The standard InChI is InChI=1S/C62H62N8O11S3/c1-7-77-48(78-8-2)36-69-56(75)55(74)68(6)60(66-69)82-35-34-42-38-83-57-50(54(73)70(57)51(42)58(76)80-52(40-24-14-9-15-25-40)41-26-16-10-17-27-41)64-53(72)49(67-79-37-47(71)81-61(3,4)5)46-39-84-59(63-46)65-62(43-28-18-11-19-29-43,44-30-20-12-21-31-44)45-32-22-13-23-33-45/h9-35,39,48,50,52,57H,7-8,36-38H2,1-6H3,(H,63,65)(H,64,72). The minimum absolute atomic E-state index is 0.0694. The van der Waals surface area contributed by atoms with Gasteiger partial charge in [-0.1, -0.05) is 169 Å². The van der Waals surface area contributed by atoms with Gasteiger partial charge in [0.1, 0.15) is 33.9 Å². The third kappa shape index (κ3) is 13.8.